The van der Waals surface area contributed by atoms with E-state index in [1.165, 1.54) is 5.51 Å². The van der Waals surface area contributed by atoms with E-state index in [4.69, 9.17) is 5.11 Å². The number of carbonyl (C=O) groups is 1. The van der Waals surface area contributed by atoms with Gasteiger partial charge in [-0.1, -0.05) is 13.8 Å². The van der Waals surface area contributed by atoms with Gasteiger partial charge in [-0.3, -0.25) is 0 Å². The zero-order chi connectivity index (χ0) is 15.2. The molecule has 9 heteroatoms. The van der Waals surface area contributed by atoms with E-state index < -0.39 is 21.7 Å². The normalized spacial score (nSPS) is 11.9. The minimum Gasteiger partial charge on any atom is -0.476 e. The van der Waals surface area contributed by atoms with Crippen molar-refractivity contribution in [1.29, 1.82) is 0 Å². The second-order valence-electron chi connectivity index (χ2n) is 4.13. The highest BCUT2D eigenvalue weighted by atomic mass is 32.2. The summed E-state index contributed by atoms with van der Waals surface area (Å²) in [6.07, 6.45) is 0.999. The van der Waals surface area contributed by atoms with Crippen molar-refractivity contribution in [2.75, 3.05) is 26.2 Å². The molecular weight excluding hydrogens is 302 g/mol. The fraction of sp³-hybridized carbons (Fsp3) is 0.636. The van der Waals surface area contributed by atoms with E-state index in [1.807, 2.05) is 6.92 Å². The van der Waals surface area contributed by atoms with Crippen LogP contribution in [-0.2, 0) is 10.0 Å². The highest BCUT2D eigenvalue weighted by Gasteiger charge is 2.25. The number of rotatable bonds is 9. The first kappa shape index (κ1) is 17.0. The number of sulfonamides is 1. The standard InChI is InChI=1S/C11H19N3O4S2/c1-3-6-14(4-2)7-5-13-20(17,18)11-9(10(15)16)12-8-19-11/h8,13H,3-7H2,1-2H3,(H,15,16). The summed E-state index contributed by atoms with van der Waals surface area (Å²) < 4.78 is 26.2. The van der Waals surface area contributed by atoms with Crippen molar-refractivity contribution in [2.24, 2.45) is 0 Å². The van der Waals surface area contributed by atoms with E-state index in [-0.39, 0.29) is 10.8 Å². The molecule has 20 heavy (non-hydrogen) atoms. The lowest BCUT2D eigenvalue weighted by molar-refractivity contribution is 0.0687. The van der Waals surface area contributed by atoms with Crippen molar-refractivity contribution >= 4 is 27.3 Å². The number of aromatic carboxylic acids is 1. The molecule has 0 aromatic carbocycles. The van der Waals surface area contributed by atoms with E-state index >= 15 is 0 Å². The number of hydrogen-bond donors (Lipinski definition) is 2. The molecule has 1 aromatic rings. The molecule has 1 heterocycles. The average molecular weight is 321 g/mol. The van der Waals surface area contributed by atoms with E-state index in [0.29, 0.717) is 6.54 Å². The molecule has 0 amide bonds. The lowest BCUT2D eigenvalue weighted by Crippen LogP contribution is -2.35. The number of thiazole rings is 1. The minimum atomic E-state index is -3.81. The summed E-state index contributed by atoms with van der Waals surface area (Å²) in [6.45, 7) is 6.65. The van der Waals surface area contributed by atoms with Crippen molar-refractivity contribution in [2.45, 2.75) is 24.5 Å². The minimum absolute atomic E-state index is 0.243. The van der Waals surface area contributed by atoms with Crippen molar-refractivity contribution in [3.63, 3.8) is 0 Å². The maximum absolute atomic E-state index is 12.0. The highest BCUT2D eigenvalue weighted by Crippen LogP contribution is 2.19. The number of hydrogen-bond acceptors (Lipinski definition) is 6. The molecule has 0 spiro atoms. The van der Waals surface area contributed by atoms with Crippen molar-refractivity contribution in [1.82, 2.24) is 14.6 Å². The summed E-state index contributed by atoms with van der Waals surface area (Å²) in [5.74, 6) is -1.34. The first-order valence-corrected chi connectivity index (χ1v) is 8.67. The summed E-state index contributed by atoms with van der Waals surface area (Å²) in [6, 6.07) is 0. The summed E-state index contributed by atoms with van der Waals surface area (Å²) in [5, 5.41) is 8.88. The molecule has 0 aliphatic heterocycles. The van der Waals surface area contributed by atoms with Crippen LogP contribution in [0.5, 0.6) is 0 Å². The molecule has 0 bridgehead atoms. The van der Waals surface area contributed by atoms with Gasteiger partial charge in [0.05, 0.1) is 5.51 Å². The van der Waals surface area contributed by atoms with Crippen molar-refractivity contribution < 1.29 is 18.3 Å². The Kier molecular flexibility index (Phi) is 6.53. The van der Waals surface area contributed by atoms with E-state index in [0.717, 1.165) is 30.8 Å². The summed E-state index contributed by atoms with van der Waals surface area (Å²) >= 11 is 0.804. The van der Waals surface area contributed by atoms with Crippen LogP contribution < -0.4 is 4.72 Å². The SMILES string of the molecule is CCCN(CC)CCNS(=O)(=O)c1scnc1C(=O)O. The Bertz CT molecular complexity index is 542. The van der Waals surface area contributed by atoms with Crippen LogP contribution in [0.25, 0.3) is 0 Å². The monoisotopic (exact) mass is 321 g/mol. The number of likely N-dealkylation sites (N-methyl/N-ethyl adjacent to an activating group) is 1. The van der Waals surface area contributed by atoms with Crippen LogP contribution in [0.4, 0.5) is 0 Å². The van der Waals surface area contributed by atoms with Crippen LogP contribution in [0.3, 0.4) is 0 Å². The third-order valence-electron chi connectivity index (χ3n) is 2.69. The zero-order valence-corrected chi connectivity index (χ0v) is 13.1. The van der Waals surface area contributed by atoms with Gasteiger partial charge in [-0.15, -0.1) is 11.3 Å². The van der Waals surface area contributed by atoms with Gasteiger partial charge in [0.1, 0.15) is 0 Å². The molecule has 0 radical (unpaired) electrons. The number of nitrogens with zero attached hydrogens (tertiary/aromatic N) is 2. The average Bonchev–Trinajstić information content (AvgIpc) is 2.87. The van der Waals surface area contributed by atoms with E-state index in [2.05, 4.69) is 21.5 Å². The fourth-order valence-corrected chi connectivity index (χ4v) is 3.92. The fourth-order valence-electron chi connectivity index (χ4n) is 1.72. The Labute approximate surface area is 122 Å². The van der Waals surface area contributed by atoms with Gasteiger partial charge in [-0.2, -0.15) is 0 Å². The van der Waals surface area contributed by atoms with E-state index in [1.54, 1.807) is 0 Å². The number of carboxylic acid groups (broad SMARTS) is 1. The van der Waals surface area contributed by atoms with Gasteiger partial charge < -0.3 is 10.0 Å². The molecule has 114 valence electrons. The van der Waals surface area contributed by atoms with Crippen LogP contribution in [0.15, 0.2) is 9.72 Å². The summed E-state index contributed by atoms with van der Waals surface area (Å²) in [7, 11) is -3.81. The van der Waals surface area contributed by atoms with Gasteiger partial charge in [-0.25, -0.2) is 22.9 Å². The first-order chi connectivity index (χ1) is 9.42. The Balaban J connectivity index is 2.66. The lowest BCUT2D eigenvalue weighted by atomic mass is 10.4. The Morgan fingerprint density at radius 3 is 2.70 bits per heavy atom. The predicted molar refractivity (Wildman–Crippen MR) is 76.7 cm³/mol. The van der Waals surface area contributed by atoms with Crippen LogP contribution in [-0.4, -0.2) is 55.6 Å². The van der Waals surface area contributed by atoms with E-state index in [9.17, 15) is 13.2 Å². The van der Waals surface area contributed by atoms with Crippen molar-refractivity contribution in [3.05, 3.63) is 11.2 Å². The molecule has 1 rings (SSSR count). The summed E-state index contributed by atoms with van der Waals surface area (Å²) in [5.41, 5.74) is 0.788. The molecule has 0 saturated heterocycles. The molecule has 0 aliphatic carbocycles. The van der Waals surface area contributed by atoms with Crippen LogP contribution in [0.2, 0.25) is 0 Å². The molecule has 0 fully saturated rings. The topological polar surface area (TPSA) is 99.6 Å². The van der Waals surface area contributed by atoms with Crippen molar-refractivity contribution in [3.8, 4) is 0 Å². The third kappa shape index (κ3) is 4.51. The molecule has 0 aliphatic rings. The lowest BCUT2D eigenvalue weighted by Gasteiger charge is -2.19. The van der Waals surface area contributed by atoms with Crippen LogP contribution >= 0.6 is 11.3 Å². The number of carboxylic acids is 1. The molecule has 7 nitrogen and oxygen atoms in total. The maximum atomic E-state index is 12.0. The van der Waals surface area contributed by atoms with Gasteiger partial charge in [0.2, 0.25) is 0 Å². The highest BCUT2D eigenvalue weighted by molar-refractivity contribution is 7.91. The molecule has 1 aromatic heterocycles. The number of aromatic nitrogens is 1. The summed E-state index contributed by atoms with van der Waals surface area (Å²) in [4.78, 5) is 16.6. The predicted octanol–water partition coefficient (Wildman–Crippen LogP) is 0.852. The van der Waals surface area contributed by atoms with Crippen LogP contribution in [0.1, 0.15) is 30.8 Å². The largest absolute Gasteiger partial charge is 0.476 e. The maximum Gasteiger partial charge on any atom is 0.356 e. The Morgan fingerprint density at radius 1 is 1.45 bits per heavy atom. The molecule has 0 saturated carbocycles. The Hall–Kier alpha value is -1.03. The smallest absolute Gasteiger partial charge is 0.356 e. The van der Waals surface area contributed by atoms with Gasteiger partial charge in [-0.05, 0) is 19.5 Å². The quantitative estimate of drug-likeness (QED) is 0.699. The first-order valence-electron chi connectivity index (χ1n) is 6.31. The molecule has 2 N–H and O–H groups in total. The molecule has 0 unspecified atom stereocenters. The second-order valence-corrected chi connectivity index (χ2v) is 6.94. The Morgan fingerprint density at radius 2 is 2.15 bits per heavy atom. The third-order valence-corrected chi connectivity index (χ3v) is 5.52. The molecular formula is C11H19N3O4S2. The van der Waals surface area contributed by atoms with Gasteiger partial charge in [0.15, 0.2) is 9.90 Å². The zero-order valence-electron chi connectivity index (χ0n) is 11.5. The molecule has 0 atom stereocenters. The van der Waals surface area contributed by atoms with Gasteiger partial charge in [0, 0.05) is 13.1 Å². The van der Waals surface area contributed by atoms with Gasteiger partial charge in [0.25, 0.3) is 10.0 Å². The van der Waals surface area contributed by atoms with Gasteiger partial charge >= 0.3 is 5.97 Å². The number of nitrogens with one attached hydrogen (secondary N) is 1. The van der Waals surface area contributed by atoms with Crippen LogP contribution in [0, 0.1) is 0 Å². The second kappa shape index (κ2) is 7.67.